The van der Waals surface area contributed by atoms with Gasteiger partial charge in [-0.15, -0.1) is 0 Å². The van der Waals surface area contributed by atoms with Crippen LogP contribution in [-0.4, -0.2) is 43.2 Å². The van der Waals surface area contributed by atoms with Gasteiger partial charge in [-0.1, -0.05) is 72.6 Å². The summed E-state index contributed by atoms with van der Waals surface area (Å²) in [5.41, 5.74) is 5.50. The largest absolute Gasteiger partial charge is 0.550 e. The maximum absolute atomic E-state index is 8.89. The molecule has 0 aliphatic heterocycles. The molecule has 0 unspecified atom stereocenters. The molecule has 4 heteroatoms. The van der Waals surface area contributed by atoms with Crippen LogP contribution < -0.4 is 10.8 Å². The van der Waals surface area contributed by atoms with E-state index in [4.69, 9.17) is 15.6 Å². The summed E-state index contributed by atoms with van der Waals surface area (Å²) in [6.07, 6.45) is 18.1. The first-order valence-corrected chi connectivity index (χ1v) is 12.6. The molecule has 0 bridgehead atoms. The highest BCUT2D eigenvalue weighted by Gasteiger charge is 2.24. The van der Waals surface area contributed by atoms with Crippen molar-refractivity contribution in [3.05, 3.63) is 0 Å². The van der Waals surface area contributed by atoms with E-state index in [1.54, 1.807) is 0 Å². The van der Waals surface area contributed by atoms with Crippen molar-refractivity contribution in [1.29, 1.82) is 0 Å². The molecule has 0 spiro atoms. The number of nitrogens with zero attached hydrogens (tertiary/aromatic N) is 1. The molecule has 29 heavy (non-hydrogen) atoms. The second-order valence-electron chi connectivity index (χ2n) is 8.88. The minimum Gasteiger partial charge on any atom is -0.550 e. The molecule has 2 N–H and O–H groups in total. The van der Waals surface area contributed by atoms with Crippen molar-refractivity contribution in [1.82, 2.24) is 0 Å². The lowest BCUT2D eigenvalue weighted by Crippen LogP contribution is -2.50. The third kappa shape index (κ3) is 20.4. The molecule has 0 amide bonds. The van der Waals surface area contributed by atoms with Gasteiger partial charge in [0.1, 0.15) is 0 Å². The zero-order valence-electron chi connectivity index (χ0n) is 20.6. The highest BCUT2D eigenvalue weighted by atomic mass is 16.4. The topological polar surface area (TPSA) is 66.1 Å². The quantitative estimate of drug-likeness (QED) is 0.417. The molecule has 0 aromatic heterocycles. The number of hydrogen-bond donors (Lipinski definition) is 1. The van der Waals surface area contributed by atoms with Crippen molar-refractivity contribution in [2.24, 2.45) is 11.7 Å². The summed E-state index contributed by atoms with van der Waals surface area (Å²) in [5.74, 6) is -0.219. The van der Waals surface area contributed by atoms with Crippen LogP contribution in [0.3, 0.4) is 0 Å². The van der Waals surface area contributed by atoms with Crippen molar-refractivity contribution in [3.8, 4) is 0 Å². The number of nitrogens with two attached hydrogens (primary N) is 1. The van der Waals surface area contributed by atoms with E-state index in [-0.39, 0.29) is 0 Å². The Morgan fingerprint density at radius 3 is 1.31 bits per heavy atom. The summed E-state index contributed by atoms with van der Waals surface area (Å²) in [7, 11) is 0. The number of carbonyl (C=O) groups excluding carboxylic acids is 1. The number of carboxylic acids is 1. The van der Waals surface area contributed by atoms with Gasteiger partial charge in [0.2, 0.25) is 0 Å². The van der Waals surface area contributed by atoms with Crippen LogP contribution in [0.15, 0.2) is 0 Å². The molecule has 4 nitrogen and oxygen atoms in total. The first-order chi connectivity index (χ1) is 13.9. The standard InChI is InChI=1S/C16H36N.C7H15N.C2H4O2/c1-5-9-13-17(14-10-6-2,15-11-7-3)16-12-8-4;8-6-7-4-2-1-3-5-7;1-2(3)4/h5-16H2,1-4H3;7H,1-6,8H2;1H3,(H,3,4)/q+1;;/p-1. The summed E-state index contributed by atoms with van der Waals surface area (Å²) >= 11 is 0. The number of quaternary nitrogens is 1. The van der Waals surface area contributed by atoms with Gasteiger partial charge in [0.25, 0.3) is 0 Å². The summed E-state index contributed by atoms with van der Waals surface area (Å²) in [5, 5.41) is 8.89. The van der Waals surface area contributed by atoms with Gasteiger partial charge in [0.15, 0.2) is 0 Å². The highest BCUT2D eigenvalue weighted by Crippen LogP contribution is 2.22. The second kappa shape index (κ2) is 22.1. The van der Waals surface area contributed by atoms with Crippen LogP contribution in [0.4, 0.5) is 0 Å². The summed E-state index contributed by atoms with van der Waals surface area (Å²) in [6.45, 7) is 16.9. The fraction of sp³-hybridized carbons (Fsp3) is 0.960. The molecule has 0 radical (unpaired) electrons. The molecule has 0 aromatic carbocycles. The molecule has 176 valence electrons. The average molecular weight is 415 g/mol. The summed E-state index contributed by atoms with van der Waals surface area (Å²) in [6, 6.07) is 0. The highest BCUT2D eigenvalue weighted by molar-refractivity contribution is 5.60. The van der Waals surface area contributed by atoms with Gasteiger partial charge >= 0.3 is 0 Å². The van der Waals surface area contributed by atoms with Crippen LogP contribution in [0.25, 0.3) is 0 Å². The van der Waals surface area contributed by atoms with Crippen molar-refractivity contribution in [2.75, 3.05) is 32.7 Å². The molecule has 1 fully saturated rings. The smallest absolute Gasteiger partial charge is 0.0786 e. The SMILES string of the molecule is CC(=O)[O-].CCCC[N+](CCCC)(CCCC)CCCC.NCC1CCCCC1. The first-order valence-electron chi connectivity index (χ1n) is 12.6. The summed E-state index contributed by atoms with van der Waals surface area (Å²) in [4.78, 5) is 8.89. The van der Waals surface area contributed by atoms with E-state index < -0.39 is 5.97 Å². The molecule has 1 rings (SSSR count). The zero-order valence-corrected chi connectivity index (χ0v) is 20.6. The van der Waals surface area contributed by atoms with E-state index in [0.29, 0.717) is 0 Å². The van der Waals surface area contributed by atoms with E-state index >= 15 is 0 Å². The van der Waals surface area contributed by atoms with E-state index in [0.717, 1.165) is 19.4 Å². The Balaban J connectivity index is 0. The molecule has 1 aliphatic rings. The summed E-state index contributed by atoms with van der Waals surface area (Å²) < 4.78 is 1.42. The number of hydrogen-bond acceptors (Lipinski definition) is 3. The number of rotatable bonds is 13. The van der Waals surface area contributed by atoms with Crippen LogP contribution in [0.5, 0.6) is 0 Å². The molecule has 1 saturated carbocycles. The molecule has 0 aromatic rings. The lowest BCUT2D eigenvalue weighted by atomic mass is 9.90. The molecule has 0 saturated heterocycles. The van der Waals surface area contributed by atoms with Crippen LogP contribution in [-0.2, 0) is 4.79 Å². The normalized spacial score (nSPS) is 14.4. The van der Waals surface area contributed by atoms with Gasteiger partial charge in [-0.2, -0.15) is 0 Å². The lowest BCUT2D eigenvalue weighted by molar-refractivity contribution is -0.929. The van der Waals surface area contributed by atoms with Gasteiger partial charge in [-0.05, 0) is 57.9 Å². The average Bonchev–Trinajstić information content (AvgIpc) is 2.73. The second-order valence-corrected chi connectivity index (χ2v) is 8.88. The van der Waals surface area contributed by atoms with Crippen molar-refractivity contribution < 1.29 is 14.4 Å². The maximum Gasteiger partial charge on any atom is 0.0786 e. The van der Waals surface area contributed by atoms with Crippen LogP contribution in [0.2, 0.25) is 0 Å². The van der Waals surface area contributed by atoms with Gasteiger partial charge in [0, 0.05) is 5.97 Å². The monoisotopic (exact) mass is 414 g/mol. The zero-order chi connectivity index (χ0) is 22.4. The third-order valence-electron chi connectivity index (χ3n) is 6.00. The number of carbonyl (C=O) groups is 1. The molecule has 0 heterocycles. The molecule has 0 atom stereocenters. The van der Waals surface area contributed by atoms with Gasteiger partial charge < -0.3 is 20.1 Å². The van der Waals surface area contributed by atoms with Crippen LogP contribution in [0.1, 0.15) is 118 Å². The minimum absolute atomic E-state index is 0.865. The van der Waals surface area contributed by atoms with Crippen LogP contribution in [0, 0.1) is 5.92 Å². The van der Waals surface area contributed by atoms with Gasteiger partial charge in [0.05, 0.1) is 26.2 Å². The van der Waals surface area contributed by atoms with E-state index in [9.17, 15) is 0 Å². The Labute approximate surface area is 183 Å². The third-order valence-corrected chi connectivity index (χ3v) is 6.00. The Bertz CT molecular complexity index is 300. The van der Waals surface area contributed by atoms with E-state index in [2.05, 4.69) is 27.7 Å². The number of carboxylic acid groups (broad SMARTS) is 1. The van der Waals surface area contributed by atoms with Crippen molar-refractivity contribution >= 4 is 5.97 Å². The Kier molecular flexibility index (Phi) is 23.3. The number of aliphatic carboxylic acids is 1. The fourth-order valence-electron chi connectivity index (χ4n) is 4.07. The Morgan fingerprint density at radius 2 is 1.10 bits per heavy atom. The molecular formula is C25H54N2O2. The Hall–Kier alpha value is -0.610. The maximum atomic E-state index is 8.89. The predicted molar refractivity (Wildman–Crippen MR) is 126 cm³/mol. The predicted octanol–water partition coefficient (Wildman–Crippen LogP) is 5.29. The van der Waals surface area contributed by atoms with E-state index in [1.165, 1.54) is 114 Å². The fourth-order valence-corrected chi connectivity index (χ4v) is 4.07. The van der Waals surface area contributed by atoms with Crippen molar-refractivity contribution in [3.63, 3.8) is 0 Å². The lowest BCUT2D eigenvalue weighted by Gasteiger charge is -2.39. The van der Waals surface area contributed by atoms with E-state index in [1.807, 2.05) is 0 Å². The minimum atomic E-state index is -1.08. The van der Waals surface area contributed by atoms with Gasteiger partial charge in [-0.25, -0.2) is 0 Å². The molecular weight excluding hydrogens is 360 g/mol. The Morgan fingerprint density at radius 1 is 0.793 bits per heavy atom. The van der Waals surface area contributed by atoms with Gasteiger partial charge in [-0.3, -0.25) is 0 Å². The van der Waals surface area contributed by atoms with Crippen LogP contribution >= 0.6 is 0 Å². The molecule has 1 aliphatic carbocycles. The number of unbranched alkanes of at least 4 members (excludes halogenated alkanes) is 4. The first kappa shape index (κ1) is 30.6. The van der Waals surface area contributed by atoms with Crippen molar-refractivity contribution in [2.45, 2.75) is 118 Å².